The molecule has 0 heterocycles. The van der Waals surface area contributed by atoms with Gasteiger partial charge in [-0.1, -0.05) is 55.2 Å². The zero-order valence-corrected chi connectivity index (χ0v) is 15.5. The van der Waals surface area contributed by atoms with Gasteiger partial charge in [-0.25, -0.2) is 0 Å². The molecule has 0 aliphatic heterocycles. The van der Waals surface area contributed by atoms with Gasteiger partial charge in [-0.3, -0.25) is 0 Å². The Morgan fingerprint density at radius 2 is 1.08 bits per heavy atom. The Morgan fingerprint density at radius 1 is 0.692 bits per heavy atom. The molecule has 0 amide bonds. The Hall–Kier alpha value is -2.02. The van der Waals surface area contributed by atoms with Crippen molar-refractivity contribution in [2.75, 3.05) is 0 Å². The third kappa shape index (κ3) is 5.00. The first-order chi connectivity index (χ1) is 11.8. The van der Waals surface area contributed by atoms with Gasteiger partial charge in [0.05, 0.1) is 19.2 Å². The molecule has 0 spiro atoms. The molecule has 0 saturated heterocycles. The van der Waals surface area contributed by atoms with E-state index in [0.717, 1.165) is 29.5 Å². The molecule has 2 aromatic rings. The molecule has 0 aliphatic carbocycles. The van der Waals surface area contributed by atoms with E-state index in [1.807, 2.05) is 19.6 Å². The van der Waals surface area contributed by atoms with E-state index in [9.17, 15) is 26.3 Å². The van der Waals surface area contributed by atoms with Crippen LogP contribution in [0.5, 0.6) is 0 Å². The van der Waals surface area contributed by atoms with Crippen LogP contribution in [0.2, 0.25) is 19.6 Å². The SMILES string of the molecule is C[Si](C)(C)/C(=C/c1ccc(C(F)(F)F)cc1)c1ccc(C(F)(F)F)cc1. The Balaban J connectivity index is 2.44. The Bertz CT molecular complexity index is 775. The lowest BCUT2D eigenvalue weighted by molar-refractivity contribution is -0.138. The predicted molar refractivity (Wildman–Crippen MR) is 94.1 cm³/mol. The fraction of sp³-hybridized carbons (Fsp3) is 0.263. The van der Waals surface area contributed by atoms with Crippen LogP contribution in [-0.2, 0) is 12.4 Å². The van der Waals surface area contributed by atoms with Crippen molar-refractivity contribution in [2.45, 2.75) is 32.0 Å². The smallest absolute Gasteiger partial charge is 0.166 e. The van der Waals surface area contributed by atoms with Crippen LogP contribution in [-0.4, -0.2) is 8.07 Å². The van der Waals surface area contributed by atoms with Crippen molar-refractivity contribution in [3.8, 4) is 0 Å². The van der Waals surface area contributed by atoms with E-state index in [0.29, 0.717) is 11.1 Å². The highest BCUT2D eigenvalue weighted by Crippen LogP contribution is 2.34. The van der Waals surface area contributed by atoms with E-state index in [1.54, 1.807) is 6.08 Å². The van der Waals surface area contributed by atoms with Gasteiger partial charge in [-0.15, -0.1) is 0 Å². The number of benzene rings is 2. The minimum absolute atomic E-state index is 0.579. The molecule has 26 heavy (non-hydrogen) atoms. The minimum Gasteiger partial charge on any atom is -0.166 e. The lowest BCUT2D eigenvalue weighted by Gasteiger charge is -2.22. The number of hydrogen-bond acceptors (Lipinski definition) is 0. The first-order valence-corrected chi connectivity index (χ1v) is 11.4. The molecule has 2 aromatic carbocycles. The Morgan fingerprint density at radius 3 is 1.42 bits per heavy atom. The van der Waals surface area contributed by atoms with Crippen LogP contribution in [0.25, 0.3) is 11.3 Å². The second-order valence-electron chi connectivity index (χ2n) is 7.00. The normalized spacial score (nSPS) is 13.8. The monoisotopic (exact) mass is 388 g/mol. The molecular weight excluding hydrogens is 370 g/mol. The highest BCUT2D eigenvalue weighted by molar-refractivity contribution is 6.94. The average molecular weight is 388 g/mol. The standard InChI is InChI=1S/C19H18F6Si/c1-26(2,3)17(14-6-10-16(11-7-14)19(23,24)25)12-13-4-8-15(9-5-13)18(20,21)22/h4-12H,1-3H3/b17-12+. The highest BCUT2D eigenvalue weighted by atomic mass is 28.3. The van der Waals surface area contributed by atoms with Gasteiger partial charge < -0.3 is 0 Å². The number of hydrogen-bond donors (Lipinski definition) is 0. The molecule has 0 fully saturated rings. The molecule has 2 rings (SSSR count). The van der Waals surface area contributed by atoms with Gasteiger partial charge in [-0.2, -0.15) is 26.3 Å². The van der Waals surface area contributed by atoms with Crippen LogP contribution in [0.3, 0.4) is 0 Å². The van der Waals surface area contributed by atoms with Gasteiger partial charge in [0.25, 0.3) is 0 Å². The fourth-order valence-electron chi connectivity index (χ4n) is 2.51. The van der Waals surface area contributed by atoms with Crippen molar-refractivity contribution in [2.24, 2.45) is 0 Å². The number of rotatable bonds is 3. The van der Waals surface area contributed by atoms with Gasteiger partial charge in [0.1, 0.15) is 0 Å². The summed E-state index contributed by atoms with van der Waals surface area (Å²) in [6.45, 7) is 6.09. The third-order valence-corrected chi connectivity index (χ3v) is 5.93. The van der Waals surface area contributed by atoms with Crippen molar-refractivity contribution >= 4 is 19.3 Å². The summed E-state index contributed by atoms with van der Waals surface area (Å²) in [7, 11) is -1.97. The van der Waals surface area contributed by atoms with Crippen molar-refractivity contribution in [1.29, 1.82) is 0 Å². The summed E-state index contributed by atoms with van der Waals surface area (Å²) in [6, 6.07) is 9.61. The highest BCUT2D eigenvalue weighted by Gasteiger charge is 2.31. The summed E-state index contributed by atoms with van der Waals surface area (Å²) in [6.07, 6.45) is -7.05. The molecule has 140 valence electrons. The summed E-state index contributed by atoms with van der Waals surface area (Å²) in [5, 5.41) is 0.867. The minimum atomic E-state index is -4.41. The Kier molecular flexibility index (Phi) is 5.42. The molecule has 0 N–H and O–H groups in total. The zero-order chi connectivity index (χ0) is 19.8. The van der Waals surface area contributed by atoms with Crippen molar-refractivity contribution in [3.05, 3.63) is 70.8 Å². The largest absolute Gasteiger partial charge is 0.416 e. The molecule has 0 aliphatic rings. The van der Waals surface area contributed by atoms with Gasteiger partial charge in [0.2, 0.25) is 0 Å². The lowest BCUT2D eigenvalue weighted by atomic mass is 10.1. The summed E-state index contributed by atoms with van der Waals surface area (Å²) in [5.74, 6) is 0. The van der Waals surface area contributed by atoms with Crippen LogP contribution in [0, 0.1) is 0 Å². The second kappa shape index (κ2) is 6.94. The van der Waals surface area contributed by atoms with Crippen LogP contribution >= 0.6 is 0 Å². The maximum absolute atomic E-state index is 12.7. The summed E-state index contributed by atoms with van der Waals surface area (Å²) >= 11 is 0. The molecular formula is C19H18F6Si. The van der Waals surface area contributed by atoms with E-state index in [1.165, 1.54) is 24.3 Å². The number of halogens is 6. The summed E-state index contributed by atoms with van der Waals surface area (Å²) < 4.78 is 76.2. The molecule has 0 nitrogen and oxygen atoms in total. The maximum atomic E-state index is 12.7. The van der Waals surface area contributed by atoms with Gasteiger partial charge in [0, 0.05) is 0 Å². The lowest BCUT2D eigenvalue weighted by Crippen LogP contribution is -2.22. The molecule has 0 atom stereocenters. The van der Waals surface area contributed by atoms with Crippen LogP contribution < -0.4 is 0 Å². The van der Waals surface area contributed by atoms with Crippen molar-refractivity contribution in [1.82, 2.24) is 0 Å². The van der Waals surface area contributed by atoms with E-state index in [2.05, 4.69) is 0 Å². The average Bonchev–Trinajstić information content (AvgIpc) is 2.50. The quantitative estimate of drug-likeness (QED) is 0.298. The first-order valence-electron chi connectivity index (χ1n) is 7.85. The van der Waals surface area contributed by atoms with E-state index >= 15 is 0 Å². The third-order valence-electron chi connectivity index (χ3n) is 3.88. The van der Waals surface area contributed by atoms with E-state index in [-0.39, 0.29) is 0 Å². The van der Waals surface area contributed by atoms with Gasteiger partial charge in [-0.05, 0) is 35.4 Å². The molecule has 0 radical (unpaired) electrons. The molecule has 7 heteroatoms. The molecule has 0 aromatic heterocycles. The summed E-state index contributed by atoms with van der Waals surface area (Å²) in [5.41, 5.74) is -0.239. The maximum Gasteiger partial charge on any atom is 0.416 e. The van der Waals surface area contributed by atoms with Gasteiger partial charge in [0.15, 0.2) is 0 Å². The van der Waals surface area contributed by atoms with Crippen molar-refractivity contribution in [3.63, 3.8) is 0 Å². The zero-order valence-electron chi connectivity index (χ0n) is 14.5. The van der Waals surface area contributed by atoms with Crippen molar-refractivity contribution < 1.29 is 26.3 Å². The molecule has 0 bridgehead atoms. The Labute approximate surface area is 149 Å². The summed E-state index contributed by atoms with van der Waals surface area (Å²) in [4.78, 5) is 0. The molecule has 0 unspecified atom stereocenters. The van der Waals surface area contributed by atoms with Gasteiger partial charge >= 0.3 is 12.4 Å². The molecule has 0 saturated carbocycles. The topological polar surface area (TPSA) is 0 Å². The van der Waals surface area contributed by atoms with Crippen LogP contribution in [0.4, 0.5) is 26.3 Å². The van der Waals surface area contributed by atoms with E-state index < -0.39 is 31.6 Å². The first kappa shape index (κ1) is 20.3. The van der Waals surface area contributed by atoms with Crippen LogP contribution in [0.1, 0.15) is 22.3 Å². The number of alkyl halides is 6. The second-order valence-corrected chi connectivity index (χ2v) is 12.0. The van der Waals surface area contributed by atoms with E-state index in [4.69, 9.17) is 0 Å². The van der Waals surface area contributed by atoms with Crippen LogP contribution in [0.15, 0.2) is 48.5 Å². The fourth-order valence-corrected chi connectivity index (χ4v) is 4.14. The predicted octanol–water partition coefficient (Wildman–Crippen LogP) is 7.14.